The summed E-state index contributed by atoms with van der Waals surface area (Å²) in [7, 11) is 1.79. The van der Waals surface area contributed by atoms with Crippen LogP contribution in [0, 0.1) is 0 Å². The Labute approximate surface area is 139 Å². The number of carbonyl (C=O) groups is 1. The molecule has 0 N–H and O–H groups in total. The van der Waals surface area contributed by atoms with Crippen molar-refractivity contribution >= 4 is 34.3 Å². The second-order valence-electron chi connectivity index (χ2n) is 6.42. The molecular formula is C17H18ClN3O2. The number of rotatable bonds is 1. The Balaban J connectivity index is 1.70. The van der Waals surface area contributed by atoms with Gasteiger partial charge in [0.2, 0.25) is 0 Å². The van der Waals surface area contributed by atoms with E-state index in [0.29, 0.717) is 18.1 Å². The van der Waals surface area contributed by atoms with E-state index < -0.39 is 5.60 Å². The first-order valence-corrected chi connectivity index (χ1v) is 8.17. The predicted octanol–water partition coefficient (Wildman–Crippen LogP) is 3.31. The summed E-state index contributed by atoms with van der Waals surface area (Å²) in [5.41, 5.74) is 1.61. The minimum atomic E-state index is -0.397. The van der Waals surface area contributed by atoms with Crippen molar-refractivity contribution in [3.05, 3.63) is 35.5 Å². The topological polar surface area (TPSA) is 45.7 Å². The average Bonchev–Trinajstić information content (AvgIpc) is 2.80. The Kier molecular flexibility index (Phi) is 3.34. The number of pyridine rings is 1. The Morgan fingerprint density at radius 2 is 2.17 bits per heavy atom. The van der Waals surface area contributed by atoms with E-state index in [9.17, 15) is 4.79 Å². The fourth-order valence-electron chi connectivity index (χ4n) is 3.69. The number of anilines is 1. The molecule has 0 aliphatic carbocycles. The van der Waals surface area contributed by atoms with Crippen LogP contribution in [0.3, 0.4) is 0 Å². The van der Waals surface area contributed by atoms with Crippen molar-refractivity contribution in [2.45, 2.75) is 18.4 Å². The van der Waals surface area contributed by atoms with Crippen LogP contribution in [-0.2, 0) is 4.74 Å². The Morgan fingerprint density at radius 3 is 2.96 bits per heavy atom. The maximum absolute atomic E-state index is 11.8. The Hall–Kier alpha value is -2.01. The van der Waals surface area contributed by atoms with Crippen LogP contribution >= 0.6 is 11.6 Å². The third kappa shape index (κ3) is 2.49. The molecule has 0 bridgehead atoms. The van der Waals surface area contributed by atoms with E-state index in [1.165, 1.54) is 0 Å². The second kappa shape index (κ2) is 5.27. The number of fused-ring (bicyclic) bond motifs is 1. The fraction of sp³-hybridized carbons (Fsp3) is 0.412. The molecule has 0 unspecified atom stereocenters. The Morgan fingerprint density at radius 1 is 1.30 bits per heavy atom. The van der Waals surface area contributed by atoms with Crippen LogP contribution in [0.5, 0.6) is 0 Å². The van der Waals surface area contributed by atoms with Crippen molar-refractivity contribution in [2.75, 3.05) is 31.6 Å². The van der Waals surface area contributed by atoms with Gasteiger partial charge in [0.25, 0.3) is 0 Å². The molecule has 2 aliphatic heterocycles. The molecule has 3 heterocycles. The van der Waals surface area contributed by atoms with E-state index in [1.807, 2.05) is 30.5 Å². The molecule has 0 radical (unpaired) electrons. The largest absolute Gasteiger partial charge is 0.439 e. The molecule has 2 aliphatic rings. The number of hydrogen-bond acceptors (Lipinski definition) is 4. The molecule has 120 valence electrons. The Bertz CT molecular complexity index is 782. The highest BCUT2D eigenvalue weighted by atomic mass is 35.5. The second-order valence-corrected chi connectivity index (χ2v) is 6.86. The highest BCUT2D eigenvalue weighted by Crippen LogP contribution is 2.36. The van der Waals surface area contributed by atoms with Gasteiger partial charge in [-0.1, -0.05) is 11.6 Å². The van der Waals surface area contributed by atoms with Crippen LogP contribution in [0.4, 0.5) is 10.5 Å². The fourth-order valence-corrected chi connectivity index (χ4v) is 3.86. The first-order valence-electron chi connectivity index (χ1n) is 7.80. The first-order chi connectivity index (χ1) is 11.1. The number of benzene rings is 1. The summed E-state index contributed by atoms with van der Waals surface area (Å²) in [6.45, 7) is 2.31. The van der Waals surface area contributed by atoms with Crippen molar-refractivity contribution in [1.29, 1.82) is 0 Å². The zero-order valence-corrected chi connectivity index (χ0v) is 13.7. The molecule has 2 fully saturated rings. The highest BCUT2D eigenvalue weighted by Gasteiger charge is 2.46. The summed E-state index contributed by atoms with van der Waals surface area (Å²) in [4.78, 5) is 20.2. The molecule has 1 aromatic heterocycles. The van der Waals surface area contributed by atoms with Crippen molar-refractivity contribution in [2.24, 2.45) is 0 Å². The standard InChI is InChI=1S/C17H18ClN3O2/c1-20-10-17(23-16(20)22)6-2-8-21(11-17)15-5-7-19-14-9-12(18)3-4-13(14)15/h3-5,7,9H,2,6,8,10-11H2,1H3/t17-/m0/s1. The molecule has 1 aromatic carbocycles. The van der Waals surface area contributed by atoms with Crippen molar-refractivity contribution in [1.82, 2.24) is 9.88 Å². The van der Waals surface area contributed by atoms with Gasteiger partial charge in [-0.05, 0) is 37.1 Å². The number of aromatic nitrogens is 1. The summed E-state index contributed by atoms with van der Waals surface area (Å²) < 4.78 is 5.69. The van der Waals surface area contributed by atoms with Crippen LogP contribution in [0.2, 0.25) is 5.02 Å². The minimum absolute atomic E-state index is 0.224. The lowest BCUT2D eigenvalue weighted by atomic mass is 9.92. The van der Waals surface area contributed by atoms with Gasteiger partial charge in [0.1, 0.15) is 5.60 Å². The van der Waals surface area contributed by atoms with Gasteiger partial charge in [-0.2, -0.15) is 0 Å². The van der Waals surface area contributed by atoms with E-state index in [-0.39, 0.29) is 6.09 Å². The van der Waals surface area contributed by atoms with Gasteiger partial charge in [-0.3, -0.25) is 4.98 Å². The number of amides is 1. The molecule has 2 saturated heterocycles. The highest BCUT2D eigenvalue weighted by molar-refractivity contribution is 6.31. The van der Waals surface area contributed by atoms with Crippen molar-refractivity contribution in [3.63, 3.8) is 0 Å². The molecule has 1 atom stereocenters. The number of ether oxygens (including phenoxy) is 1. The number of likely N-dealkylation sites (N-methyl/N-ethyl adjacent to an activating group) is 1. The lowest BCUT2D eigenvalue weighted by molar-refractivity contribution is 0.0448. The maximum atomic E-state index is 11.8. The normalized spacial score (nSPS) is 24.5. The third-order valence-electron chi connectivity index (χ3n) is 4.70. The lowest BCUT2D eigenvalue weighted by Crippen LogP contribution is -2.50. The zero-order chi connectivity index (χ0) is 16.0. The molecule has 2 aromatic rings. The summed E-state index contributed by atoms with van der Waals surface area (Å²) in [5.74, 6) is 0. The summed E-state index contributed by atoms with van der Waals surface area (Å²) in [6, 6.07) is 7.80. The SMILES string of the molecule is CN1C[C@]2(CCCN(c3ccnc4cc(Cl)ccc34)C2)OC1=O. The number of carbonyl (C=O) groups excluding carboxylic acids is 1. The summed E-state index contributed by atoms with van der Waals surface area (Å²) in [5, 5.41) is 1.76. The van der Waals surface area contributed by atoms with Crippen LogP contribution in [0.1, 0.15) is 12.8 Å². The van der Waals surface area contributed by atoms with E-state index in [0.717, 1.165) is 36.0 Å². The molecule has 1 amide bonds. The molecule has 0 saturated carbocycles. The number of piperidine rings is 1. The van der Waals surface area contributed by atoms with Crippen LogP contribution in [0.15, 0.2) is 30.5 Å². The van der Waals surface area contributed by atoms with Crippen LogP contribution < -0.4 is 4.90 Å². The van der Waals surface area contributed by atoms with Crippen molar-refractivity contribution in [3.8, 4) is 0 Å². The van der Waals surface area contributed by atoms with Crippen molar-refractivity contribution < 1.29 is 9.53 Å². The monoisotopic (exact) mass is 331 g/mol. The molecule has 6 heteroatoms. The molecular weight excluding hydrogens is 314 g/mol. The van der Waals surface area contributed by atoms with Crippen LogP contribution in [0.25, 0.3) is 10.9 Å². The van der Waals surface area contributed by atoms with Gasteiger partial charge in [-0.15, -0.1) is 0 Å². The molecule has 23 heavy (non-hydrogen) atoms. The van der Waals surface area contributed by atoms with Gasteiger partial charge in [0.05, 0.1) is 18.6 Å². The van der Waals surface area contributed by atoms with E-state index in [4.69, 9.17) is 16.3 Å². The quantitative estimate of drug-likeness (QED) is 0.804. The molecule has 5 nitrogen and oxygen atoms in total. The number of hydrogen-bond donors (Lipinski definition) is 0. The minimum Gasteiger partial charge on any atom is -0.439 e. The summed E-state index contributed by atoms with van der Waals surface area (Å²) >= 11 is 6.07. The predicted molar refractivity (Wildman–Crippen MR) is 90.0 cm³/mol. The zero-order valence-electron chi connectivity index (χ0n) is 13.0. The number of halogens is 1. The van der Waals surface area contributed by atoms with Gasteiger partial charge in [0, 0.05) is 35.9 Å². The van der Waals surface area contributed by atoms with Gasteiger partial charge >= 0.3 is 6.09 Å². The number of nitrogens with zero attached hydrogens (tertiary/aromatic N) is 3. The lowest BCUT2D eigenvalue weighted by Gasteiger charge is -2.40. The first kappa shape index (κ1) is 14.6. The van der Waals surface area contributed by atoms with Gasteiger partial charge in [-0.25, -0.2) is 4.79 Å². The molecule has 1 spiro atoms. The third-order valence-corrected chi connectivity index (χ3v) is 4.94. The van der Waals surface area contributed by atoms with Crippen LogP contribution in [-0.4, -0.2) is 48.3 Å². The summed E-state index contributed by atoms with van der Waals surface area (Å²) in [6.07, 6.45) is 3.49. The molecule has 4 rings (SSSR count). The van der Waals surface area contributed by atoms with Gasteiger partial charge in [0.15, 0.2) is 0 Å². The maximum Gasteiger partial charge on any atom is 0.410 e. The average molecular weight is 332 g/mol. The van der Waals surface area contributed by atoms with E-state index in [2.05, 4.69) is 9.88 Å². The van der Waals surface area contributed by atoms with E-state index in [1.54, 1.807) is 11.9 Å². The smallest absolute Gasteiger partial charge is 0.410 e. The van der Waals surface area contributed by atoms with Gasteiger partial charge < -0.3 is 14.5 Å². The van der Waals surface area contributed by atoms with E-state index >= 15 is 0 Å².